The molecule has 0 saturated carbocycles. The molecule has 104 valence electrons. The number of hydrogen-bond acceptors (Lipinski definition) is 6. The molecule has 0 aliphatic carbocycles. The molecule has 3 heterocycles. The lowest BCUT2D eigenvalue weighted by atomic mass is 10.0. The van der Waals surface area contributed by atoms with Crippen LogP contribution in [0.1, 0.15) is 12.8 Å². The lowest BCUT2D eigenvalue weighted by Gasteiger charge is -2.37. The van der Waals surface area contributed by atoms with E-state index in [-0.39, 0.29) is 5.91 Å². The van der Waals surface area contributed by atoms with Crippen molar-refractivity contribution in [1.82, 2.24) is 20.1 Å². The molecule has 2 aliphatic heterocycles. The molecule has 2 fully saturated rings. The van der Waals surface area contributed by atoms with Crippen molar-refractivity contribution in [2.75, 3.05) is 32.1 Å². The number of nitrogens with one attached hydrogen (secondary N) is 1. The number of hydrogen-bond donors (Lipinski definition) is 1. The third-order valence-corrected chi connectivity index (χ3v) is 4.28. The first-order chi connectivity index (χ1) is 9.27. The van der Waals surface area contributed by atoms with Gasteiger partial charge < -0.3 is 14.4 Å². The highest BCUT2D eigenvalue weighted by molar-refractivity contribution is 7.99. The molecule has 0 atom stereocenters. The summed E-state index contributed by atoms with van der Waals surface area (Å²) in [6.07, 6.45) is 2.95. The lowest BCUT2D eigenvalue weighted by molar-refractivity contribution is -0.186. The van der Waals surface area contributed by atoms with E-state index in [4.69, 9.17) is 9.47 Å². The molecule has 8 heteroatoms. The average molecular weight is 284 g/mol. The van der Waals surface area contributed by atoms with E-state index in [1.807, 2.05) is 4.90 Å². The quantitative estimate of drug-likeness (QED) is 0.802. The van der Waals surface area contributed by atoms with Crippen LogP contribution in [0.5, 0.6) is 0 Å². The molecular formula is C11H16N4O3S. The van der Waals surface area contributed by atoms with Gasteiger partial charge in [-0.15, -0.1) is 0 Å². The van der Waals surface area contributed by atoms with Crippen LogP contribution in [0, 0.1) is 0 Å². The first-order valence-electron chi connectivity index (χ1n) is 6.31. The fraction of sp³-hybridized carbons (Fsp3) is 0.727. The van der Waals surface area contributed by atoms with Crippen molar-refractivity contribution < 1.29 is 14.3 Å². The minimum atomic E-state index is -0.422. The van der Waals surface area contributed by atoms with Crippen LogP contribution in [0.3, 0.4) is 0 Å². The summed E-state index contributed by atoms with van der Waals surface area (Å²) >= 11 is 1.37. The third-order valence-electron chi connectivity index (χ3n) is 3.42. The number of thioether (sulfide) groups is 1. The summed E-state index contributed by atoms with van der Waals surface area (Å²) in [6.45, 7) is 2.70. The summed E-state index contributed by atoms with van der Waals surface area (Å²) in [5, 5.41) is 7.14. The molecule has 0 unspecified atom stereocenters. The minimum Gasteiger partial charge on any atom is -0.347 e. The van der Waals surface area contributed by atoms with E-state index in [0.717, 1.165) is 12.8 Å². The van der Waals surface area contributed by atoms with Crippen LogP contribution < -0.4 is 0 Å². The number of nitrogens with zero attached hydrogens (tertiary/aromatic N) is 3. The Labute approximate surface area is 115 Å². The van der Waals surface area contributed by atoms with Gasteiger partial charge in [0.1, 0.15) is 6.33 Å². The maximum atomic E-state index is 12.1. The Morgan fingerprint density at radius 3 is 2.79 bits per heavy atom. The number of likely N-dealkylation sites (tertiary alicyclic amines) is 1. The van der Waals surface area contributed by atoms with Gasteiger partial charge >= 0.3 is 0 Å². The number of amides is 1. The number of H-pyrrole nitrogens is 1. The minimum absolute atomic E-state index is 0.120. The van der Waals surface area contributed by atoms with Crippen molar-refractivity contribution >= 4 is 17.7 Å². The second-order valence-corrected chi connectivity index (χ2v) is 5.53. The molecule has 2 saturated heterocycles. The van der Waals surface area contributed by atoms with E-state index in [9.17, 15) is 4.79 Å². The molecule has 1 spiro atoms. The highest BCUT2D eigenvalue weighted by atomic mass is 32.2. The molecule has 7 nitrogen and oxygen atoms in total. The van der Waals surface area contributed by atoms with E-state index >= 15 is 0 Å². The monoisotopic (exact) mass is 284 g/mol. The molecule has 1 aromatic rings. The summed E-state index contributed by atoms with van der Waals surface area (Å²) in [5.41, 5.74) is 0. The zero-order valence-corrected chi connectivity index (χ0v) is 11.3. The largest absolute Gasteiger partial charge is 0.347 e. The predicted octanol–water partition coefficient (Wildman–Crippen LogP) is 0.262. The Hall–Kier alpha value is -1.12. The Bertz CT molecular complexity index is 423. The summed E-state index contributed by atoms with van der Waals surface area (Å²) in [4.78, 5) is 17.9. The molecule has 1 aromatic heterocycles. The second kappa shape index (κ2) is 5.48. The summed E-state index contributed by atoms with van der Waals surface area (Å²) < 4.78 is 11.3. The van der Waals surface area contributed by atoms with Crippen molar-refractivity contribution in [3.05, 3.63) is 6.33 Å². The van der Waals surface area contributed by atoms with Crippen LogP contribution >= 0.6 is 11.8 Å². The summed E-state index contributed by atoms with van der Waals surface area (Å²) in [6, 6.07) is 0. The van der Waals surface area contributed by atoms with Gasteiger partial charge in [-0.1, -0.05) is 11.8 Å². The van der Waals surface area contributed by atoms with Crippen LogP contribution in [-0.2, 0) is 14.3 Å². The van der Waals surface area contributed by atoms with Gasteiger partial charge in [-0.25, -0.2) is 4.98 Å². The average Bonchev–Trinajstić information content (AvgIpc) is 3.09. The molecular weight excluding hydrogens is 268 g/mol. The van der Waals surface area contributed by atoms with Gasteiger partial charge in [0.2, 0.25) is 5.91 Å². The Morgan fingerprint density at radius 2 is 2.16 bits per heavy atom. The number of carbonyl (C=O) groups is 1. The van der Waals surface area contributed by atoms with Gasteiger partial charge in [-0.05, 0) is 0 Å². The van der Waals surface area contributed by atoms with Crippen molar-refractivity contribution in [2.45, 2.75) is 23.8 Å². The summed E-state index contributed by atoms with van der Waals surface area (Å²) in [5.74, 6) is 0.0768. The zero-order chi connectivity index (χ0) is 13.1. The highest BCUT2D eigenvalue weighted by Gasteiger charge is 2.40. The van der Waals surface area contributed by atoms with E-state index in [1.54, 1.807) is 0 Å². The molecule has 0 radical (unpaired) electrons. The normalized spacial score (nSPS) is 22.0. The van der Waals surface area contributed by atoms with Crippen molar-refractivity contribution in [2.24, 2.45) is 0 Å². The number of aromatic nitrogens is 3. The van der Waals surface area contributed by atoms with Crippen LogP contribution in [0.25, 0.3) is 0 Å². The fourth-order valence-electron chi connectivity index (χ4n) is 2.37. The van der Waals surface area contributed by atoms with Crippen LogP contribution in [0.15, 0.2) is 11.5 Å². The summed E-state index contributed by atoms with van der Waals surface area (Å²) in [7, 11) is 0. The molecule has 0 aromatic carbocycles. The van der Waals surface area contributed by atoms with Crippen molar-refractivity contribution in [3.8, 4) is 0 Å². The molecule has 3 rings (SSSR count). The third kappa shape index (κ3) is 2.90. The predicted molar refractivity (Wildman–Crippen MR) is 67.6 cm³/mol. The van der Waals surface area contributed by atoms with Crippen molar-refractivity contribution in [1.29, 1.82) is 0 Å². The van der Waals surface area contributed by atoms with Crippen LogP contribution in [-0.4, -0.2) is 63.8 Å². The van der Waals surface area contributed by atoms with Crippen LogP contribution in [0.4, 0.5) is 0 Å². The number of piperidine rings is 1. The molecule has 1 amide bonds. The van der Waals surface area contributed by atoms with Crippen molar-refractivity contribution in [3.63, 3.8) is 0 Å². The first-order valence-corrected chi connectivity index (χ1v) is 7.30. The molecule has 2 aliphatic rings. The van der Waals surface area contributed by atoms with Gasteiger partial charge in [-0.3, -0.25) is 9.89 Å². The SMILES string of the molecule is O=C(CSc1ncn[nH]1)N1CCC2(CC1)OCCO2. The topological polar surface area (TPSA) is 80.3 Å². The second-order valence-electron chi connectivity index (χ2n) is 4.57. The van der Waals surface area contributed by atoms with E-state index in [0.29, 0.717) is 37.2 Å². The highest BCUT2D eigenvalue weighted by Crippen LogP contribution is 2.31. The van der Waals surface area contributed by atoms with E-state index in [2.05, 4.69) is 15.2 Å². The number of aromatic amines is 1. The van der Waals surface area contributed by atoms with Gasteiger partial charge in [0, 0.05) is 25.9 Å². The standard InChI is InChI=1S/C11H16N4O3S/c16-9(7-19-10-12-8-13-14-10)15-3-1-11(2-4-15)17-5-6-18-11/h8H,1-7H2,(H,12,13,14). The van der Waals surface area contributed by atoms with E-state index < -0.39 is 5.79 Å². The maximum Gasteiger partial charge on any atom is 0.233 e. The molecule has 19 heavy (non-hydrogen) atoms. The smallest absolute Gasteiger partial charge is 0.233 e. The Balaban J connectivity index is 1.46. The number of rotatable bonds is 3. The van der Waals surface area contributed by atoms with Gasteiger partial charge in [0.15, 0.2) is 10.9 Å². The maximum absolute atomic E-state index is 12.1. The molecule has 1 N–H and O–H groups in total. The Kier molecular flexibility index (Phi) is 3.72. The van der Waals surface area contributed by atoms with Crippen LogP contribution in [0.2, 0.25) is 0 Å². The Morgan fingerprint density at radius 1 is 1.42 bits per heavy atom. The van der Waals surface area contributed by atoms with Gasteiger partial charge in [0.05, 0.1) is 19.0 Å². The number of carbonyl (C=O) groups excluding carboxylic acids is 1. The zero-order valence-electron chi connectivity index (χ0n) is 10.5. The number of ether oxygens (including phenoxy) is 2. The van der Waals surface area contributed by atoms with E-state index in [1.165, 1.54) is 18.1 Å². The lowest BCUT2D eigenvalue weighted by Crippen LogP contribution is -2.47. The fourth-order valence-corrected chi connectivity index (χ4v) is 3.05. The van der Waals surface area contributed by atoms with Gasteiger partial charge in [0.25, 0.3) is 0 Å². The van der Waals surface area contributed by atoms with Gasteiger partial charge in [-0.2, -0.15) is 5.10 Å². The molecule has 0 bridgehead atoms. The first kappa shape index (κ1) is 12.9.